The van der Waals surface area contributed by atoms with Gasteiger partial charge in [0.1, 0.15) is 19.3 Å². The van der Waals surface area contributed by atoms with Crippen LogP contribution in [-0.4, -0.2) is 35.9 Å². The highest BCUT2D eigenvalue weighted by Gasteiger charge is 2.34. The summed E-state index contributed by atoms with van der Waals surface area (Å²) in [6.07, 6.45) is 31.5. The van der Waals surface area contributed by atoms with E-state index in [4.69, 9.17) is 5.73 Å². The third-order valence-electron chi connectivity index (χ3n) is 6.69. The van der Waals surface area contributed by atoms with Gasteiger partial charge in [0, 0.05) is 13.0 Å². The lowest BCUT2D eigenvalue weighted by atomic mass is 10.0. The van der Waals surface area contributed by atoms with Crippen molar-refractivity contribution in [1.29, 1.82) is 0 Å². The Bertz CT molecular complexity index is 586. The molecule has 5 heteroatoms. The number of amidine groups is 1. The van der Waals surface area contributed by atoms with E-state index < -0.39 is 5.97 Å². The number of nitrogens with two attached hydrogens (primary N) is 1. The van der Waals surface area contributed by atoms with Crippen LogP contribution in [0.2, 0.25) is 0 Å². The molecule has 0 saturated heterocycles. The second kappa shape index (κ2) is 20.0. The minimum atomic E-state index is -1.05. The zero-order valence-corrected chi connectivity index (χ0v) is 21.4. The third kappa shape index (κ3) is 14.4. The highest BCUT2D eigenvalue weighted by Crippen LogP contribution is 2.21. The summed E-state index contributed by atoms with van der Waals surface area (Å²) in [4.78, 5) is 15.6. The summed E-state index contributed by atoms with van der Waals surface area (Å²) in [6, 6.07) is 0. The Hall–Kier alpha value is -1.46. The molecule has 33 heavy (non-hydrogen) atoms. The summed E-state index contributed by atoms with van der Waals surface area (Å²) in [5, 5.41) is 11.2. The molecule has 0 amide bonds. The average molecular weight is 462 g/mol. The van der Waals surface area contributed by atoms with Gasteiger partial charge in [-0.15, -0.1) is 0 Å². The van der Waals surface area contributed by atoms with E-state index in [1.54, 1.807) is 6.20 Å². The van der Waals surface area contributed by atoms with Crippen LogP contribution in [0.15, 0.2) is 29.5 Å². The van der Waals surface area contributed by atoms with E-state index in [-0.39, 0.29) is 11.0 Å². The quantitative estimate of drug-likeness (QED) is 0.115. The fourth-order valence-corrected chi connectivity index (χ4v) is 4.68. The van der Waals surface area contributed by atoms with Crippen LogP contribution in [0.25, 0.3) is 0 Å². The Labute approximate surface area is 203 Å². The van der Waals surface area contributed by atoms with Crippen LogP contribution in [-0.2, 0) is 4.79 Å². The molecule has 0 bridgehead atoms. The van der Waals surface area contributed by atoms with Crippen molar-refractivity contribution in [3.05, 3.63) is 24.6 Å². The van der Waals surface area contributed by atoms with E-state index >= 15 is 0 Å². The summed E-state index contributed by atoms with van der Waals surface area (Å²) < 4.78 is 0.244. The monoisotopic (exact) mass is 461 g/mol. The maximum absolute atomic E-state index is 11.2. The highest BCUT2D eigenvalue weighted by atomic mass is 16.4. The molecule has 0 saturated carbocycles. The Morgan fingerprint density at radius 3 is 1.91 bits per heavy atom. The van der Waals surface area contributed by atoms with Gasteiger partial charge in [0.05, 0.1) is 12.2 Å². The lowest BCUT2D eigenvalue weighted by molar-refractivity contribution is -0.780. The van der Waals surface area contributed by atoms with E-state index in [0.29, 0.717) is 13.1 Å². The number of rotatable bonds is 23. The van der Waals surface area contributed by atoms with Crippen molar-refractivity contribution in [2.24, 2.45) is 10.7 Å². The number of carbonyl (C=O) groups excluding carboxylic acids is 1. The molecule has 0 aliphatic carbocycles. The average Bonchev–Trinajstić information content (AvgIpc) is 3.16. The number of quaternary nitrogens is 1. The van der Waals surface area contributed by atoms with E-state index in [0.717, 1.165) is 18.7 Å². The second-order valence-corrected chi connectivity index (χ2v) is 9.67. The van der Waals surface area contributed by atoms with Gasteiger partial charge in [-0.25, -0.2) is 9.48 Å². The zero-order chi connectivity index (χ0) is 24.0. The normalized spacial score (nSPS) is 17.8. The predicted molar refractivity (Wildman–Crippen MR) is 139 cm³/mol. The van der Waals surface area contributed by atoms with Crippen LogP contribution < -0.4 is 10.8 Å². The van der Waals surface area contributed by atoms with E-state index in [9.17, 15) is 9.90 Å². The molecule has 0 radical (unpaired) electrons. The number of hydrogen-bond donors (Lipinski definition) is 1. The molecule has 5 nitrogen and oxygen atoms in total. The number of carboxylic acid groups (broad SMARTS) is 1. The maximum atomic E-state index is 11.2. The summed E-state index contributed by atoms with van der Waals surface area (Å²) >= 11 is 0. The van der Waals surface area contributed by atoms with Crippen LogP contribution in [0, 0.1) is 0 Å². The number of allylic oxidation sites excluding steroid dienone is 2. The van der Waals surface area contributed by atoms with Crippen LogP contribution in [0.5, 0.6) is 0 Å². The zero-order valence-electron chi connectivity index (χ0n) is 21.4. The van der Waals surface area contributed by atoms with Crippen molar-refractivity contribution in [2.45, 2.75) is 122 Å². The number of hydrogen-bond acceptors (Lipinski definition) is 4. The second-order valence-electron chi connectivity index (χ2n) is 9.67. The van der Waals surface area contributed by atoms with E-state index in [1.165, 1.54) is 103 Å². The Kier molecular flexibility index (Phi) is 17.9. The predicted octanol–water partition coefficient (Wildman–Crippen LogP) is 5.99. The van der Waals surface area contributed by atoms with Crippen molar-refractivity contribution < 1.29 is 14.4 Å². The van der Waals surface area contributed by atoms with Crippen molar-refractivity contribution in [1.82, 2.24) is 0 Å². The van der Waals surface area contributed by atoms with E-state index in [2.05, 4.69) is 24.1 Å². The lowest BCUT2D eigenvalue weighted by Crippen LogP contribution is -2.55. The first-order valence-corrected chi connectivity index (χ1v) is 13.8. The molecular formula is C28H51N3O2. The van der Waals surface area contributed by atoms with Gasteiger partial charge in [-0.2, -0.15) is 0 Å². The first-order valence-electron chi connectivity index (χ1n) is 13.8. The third-order valence-corrected chi connectivity index (χ3v) is 6.69. The first-order chi connectivity index (χ1) is 16.1. The lowest BCUT2D eigenvalue weighted by Gasteiger charge is -2.32. The van der Waals surface area contributed by atoms with Crippen LogP contribution in [0.4, 0.5) is 0 Å². The van der Waals surface area contributed by atoms with Gasteiger partial charge in [-0.1, -0.05) is 96.1 Å². The molecule has 1 unspecified atom stereocenters. The topological polar surface area (TPSA) is 78.5 Å². The SMILES string of the molecule is CCCCCCC/C=C/CCCCCCCCCCCCC1=NC=C[N+]1(CCN)CC(=O)[O-]. The fourth-order valence-electron chi connectivity index (χ4n) is 4.68. The highest BCUT2D eigenvalue weighted by molar-refractivity contribution is 5.80. The van der Waals surface area contributed by atoms with Crippen molar-refractivity contribution in [3.8, 4) is 0 Å². The minimum absolute atomic E-state index is 0.0675. The molecule has 0 aromatic heterocycles. The number of unbranched alkanes of at least 4 members (excludes halogenated alkanes) is 15. The molecule has 2 N–H and O–H groups in total. The van der Waals surface area contributed by atoms with Gasteiger partial charge in [0.25, 0.3) is 0 Å². The van der Waals surface area contributed by atoms with Crippen molar-refractivity contribution in [2.75, 3.05) is 19.6 Å². The van der Waals surface area contributed by atoms with Crippen LogP contribution >= 0.6 is 0 Å². The molecule has 0 aromatic carbocycles. The maximum Gasteiger partial charge on any atom is 0.207 e. The number of carboxylic acids is 1. The van der Waals surface area contributed by atoms with Gasteiger partial charge < -0.3 is 15.6 Å². The number of aliphatic imine (C=N–C) groups is 1. The summed E-state index contributed by atoms with van der Waals surface area (Å²) in [5.41, 5.74) is 5.71. The molecule has 190 valence electrons. The van der Waals surface area contributed by atoms with E-state index in [1.807, 2.05) is 6.20 Å². The Morgan fingerprint density at radius 1 is 0.879 bits per heavy atom. The van der Waals surface area contributed by atoms with Gasteiger partial charge in [0.2, 0.25) is 5.84 Å². The first kappa shape index (κ1) is 29.6. The minimum Gasteiger partial charge on any atom is -0.544 e. The van der Waals surface area contributed by atoms with Crippen molar-refractivity contribution >= 4 is 11.8 Å². The number of nitrogens with zero attached hydrogens (tertiary/aromatic N) is 2. The summed E-state index contributed by atoms with van der Waals surface area (Å²) in [5.74, 6) is -0.126. The molecule has 1 aliphatic heterocycles. The van der Waals surface area contributed by atoms with Gasteiger partial charge in [0.15, 0.2) is 0 Å². The fraction of sp³-hybridized carbons (Fsp3) is 0.786. The molecule has 0 fully saturated rings. The molecular weight excluding hydrogens is 410 g/mol. The van der Waals surface area contributed by atoms with Gasteiger partial charge >= 0.3 is 0 Å². The number of aliphatic carboxylic acids is 1. The Morgan fingerprint density at radius 2 is 1.39 bits per heavy atom. The molecule has 0 aromatic rings. The summed E-state index contributed by atoms with van der Waals surface area (Å²) in [7, 11) is 0. The van der Waals surface area contributed by atoms with Gasteiger partial charge in [-0.05, 0) is 32.1 Å². The van der Waals surface area contributed by atoms with Crippen molar-refractivity contribution in [3.63, 3.8) is 0 Å². The van der Waals surface area contributed by atoms with Gasteiger partial charge in [-0.3, -0.25) is 0 Å². The largest absolute Gasteiger partial charge is 0.544 e. The smallest absolute Gasteiger partial charge is 0.207 e. The molecule has 1 rings (SSSR count). The van der Waals surface area contributed by atoms with Crippen LogP contribution in [0.1, 0.15) is 122 Å². The standard InChI is InChI=1S/C28H51N3O2/c1-2-3-4-5-6-7-8-9-10-11-12-13-14-15-16-17-18-19-20-21-27-30-23-25-31(27,24-22-29)26-28(32)33/h8-9,23,25H,2-7,10-22,24,26,29H2,1H3/b9-8+. The molecule has 1 heterocycles. The summed E-state index contributed by atoms with van der Waals surface area (Å²) in [6.45, 7) is 3.21. The number of carbonyl (C=O) groups is 1. The molecule has 0 spiro atoms. The van der Waals surface area contributed by atoms with Crippen LogP contribution in [0.3, 0.4) is 0 Å². The molecule has 1 atom stereocenters. The molecule has 1 aliphatic rings. The Balaban J connectivity index is 1.92.